The van der Waals surface area contributed by atoms with Crippen molar-refractivity contribution in [1.82, 2.24) is 24.5 Å². The molecular weight excluding hydrogens is 416 g/mol. The summed E-state index contributed by atoms with van der Waals surface area (Å²) in [6, 6.07) is 3.95. The molecule has 3 aromatic rings. The van der Waals surface area contributed by atoms with Gasteiger partial charge in [-0.1, -0.05) is 0 Å². The van der Waals surface area contributed by atoms with Gasteiger partial charge in [0, 0.05) is 37.7 Å². The second kappa shape index (κ2) is 8.39. The maximum absolute atomic E-state index is 11.8. The summed E-state index contributed by atoms with van der Waals surface area (Å²) in [5.41, 5.74) is 7.63. The van der Waals surface area contributed by atoms with Crippen LogP contribution in [0, 0.1) is 0 Å². The molecule has 3 aromatic heterocycles. The normalized spacial score (nSPS) is 15.7. The molecule has 0 atom stereocenters. The van der Waals surface area contributed by atoms with Gasteiger partial charge in [0.2, 0.25) is 5.95 Å². The van der Waals surface area contributed by atoms with Crippen molar-refractivity contribution in [2.24, 2.45) is 5.73 Å². The highest BCUT2D eigenvalue weighted by atomic mass is 32.2. The maximum Gasteiger partial charge on any atom is 0.227 e. The van der Waals surface area contributed by atoms with Crippen LogP contribution in [0.5, 0.6) is 0 Å². The van der Waals surface area contributed by atoms with Crippen LogP contribution in [0.3, 0.4) is 0 Å². The minimum Gasteiger partial charge on any atom is -0.341 e. The molecule has 0 amide bonds. The van der Waals surface area contributed by atoms with E-state index in [0.29, 0.717) is 50.1 Å². The van der Waals surface area contributed by atoms with Crippen LogP contribution < -0.4 is 16.0 Å². The highest BCUT2D eigenvalue weighted by molar-refractivity contribution is 7.91. The fourth-order valence-electron chi connectivity index (χ4n) is 4.02. The largest absolute Gasteiger partial charge is 0.341 e. The lowest BCUT2D eigenvalue weighted by atomic mass is 10.1. The lowest BCUT2D eigenvalue weighted by molar-refractivity contribution is 0.530. The Morgan fingerprint density at radius 3 is 2.58 bits per heavy atom. The SMILES string of the molecule is CC(C)n1c(CN)nc2cnc(Nc3ccnc(N4CCC(S(C)(=O)=O)CC4)n3)cc21. The molecule has 0 bridgehead atoms. The number of anilines is 3. The molecule has 1 saturated heterocycles. The number of sulfone groups is 1. The Morgan fingerprint density at radius 1 is 1.19 bits per heavy atom. The summed E-state index contributed by atoms with van der Waals surface area (Å²) in [7, 11) is -3.01. The zero-order chi connectivity index (χ0) is 22.2. The molecule has 4 rings (SSSR count). The third-order valence-electron chi connectivity index (χ3n) is 5.58. The Kier molecular flexibility index (Phi) is 5.80. The number of nitrogens with two attached hydrogens (primary N) is 1. The Morgan fingerprint density at radius 2 is 1.94 bits per heavy atom. The second-order valence-corrected chi connectivity index (χ2v) is 10.5. The molecule has 10 nitrogen and oxygen atoms in total. The molecule has 3 N–H and O–H groups in total. The smallest absolute Gasteiger partial charge is 0.227 e. The number of imidazole rings is 1. The summed E-state index contributed by atoms with van der Waals surface area (Å²) in [5.74, 6) is 2.68. The van der Waals surface area contributed by atoms with Crippen LogP contribution in [0.15, 0.2) is 24.5 Å². The summed E-state index contributed by atoms with van der Waals surface area (Å²) >= 11 is 0. The molecule has 0 unspecified atom stereocenters. The van der Waals surface area contributed by atoms with Gasteiger partial charge in [-0.15, -0.1) is 0 Å². The van der Waals surface area contributed by atoms with Crippen molar-refractivity contribution in [3.63, 3.8) is 0 Å². The number of hydrogen-bond donors (Lipinski definition) is 2. The van der Waals surface area contributed by atoms with E-state index in [9.17, 15) is 8.42 Å². The third-order valence-corrected chi connectivity index (χ3v) is 7.26. The summed E-state index contributed by atoms with van der Waals surface area (Å²) in [5, 5.41) is 2.96. The van der Waals surface area contributed by atoms with E-state index in [-0.39, 0.29) is 11.3 Å². The lowest BCUT2D eigenvalue weighted by Gasteiger charge is -2.31. The fraction of sp³-hybridized carbons (Fsp3) is 0.500. The van der Waals surface area contributed by atoms with Crippen molar-refractivity contribution < 1.29 is 8.42 Å². The van der Waals surface area contributed by atoms with Crippen LogP contribution in [-0.4, -0.2) is 57.5 Å². The van der Waals surface area contributed by atoms with Crippen molar-refractivity contribution in [2.75, 3.05) is 29.6 Å². The fourth-order valence-corrected chi connectivity index (χ4v) is 5.09. The third kappa shape index (κ3) is 4.47. The standard InChI is InChI=1S/C20H28N8O2S/c1-13(2)28-16-10-18(23-12-15(16)24-19(28)11-21)25-17-4-7-22-20(26-17)27-8-5-14(6-9-27)31(3,29)30/h4,7,10,12-14H,5-6,8-9,11,21H2,1-3H3,(H,22,23,25,26). The summed E-state index contributed by atoms with van der Waals surface area (Å²) in [4.78, 5) is 20.0. The zero-order valence-corrected chi connectivity index (χ0v) is 18.8. The molecule has 0 spiro atoms. The number of piperidine rings is 1. The van der Waals surface area contributed by atoms with Crippen molar-refractivity contribution >= 4 is 38.5 Å². The maximum atomic E-state index is 11.8. The van der Waals surface area contributed by atoms with Gasteiger partial charge in [-0.25, -0.2) is 23.4 Å². The number of aromatic nitrogens is 5. The Labute approximate surface area is 181 Å². The number of nitrogens with zero attached hydrogens (tertiary/aromatic N) is 6. The van der Waals surface area contributed by atoms with Crippen LogP contribution in [0.4, 0.5) is 17.6 Å². The zero-order valence-electron chi connectivity index (χ0n) is 18.0. The van der Waals surface area contributed by atoms with E-state index in [1.54, 1.807) is 18.5 Å². The average Bonchev–Trinajstić information content (AvgIpc) is 3.11. The number of hydrogen-bond acceptors (Lipinski definition) is 9. The summed E-state index contributed by atoms with van der Waals surface area (Å²) in [6.45, 7) is 5.78. The first-order valence-electron chi connectivity index (χ1n) is 10.4. The van der Waals surface area contributed by atoms with Gasteiger partial charge in [0.05, 0.1) is 23.5 Å². The van der Waals surface area contributed by atoms with Crippen LogP contribution in [0.25, 0.3) is 11.0 Å². The average molecular weight is 445 g/mol. The molecule has 11 heteroatoms. The number of nitrogens with one attached hydrogen (secondary N) is 1. The summed E-state index contributed by atoms with van der Waals surface area (Å²) < 4.78 is 25.7. The molecule has 0 aromatic carbocycles. The predicted molar refractivity (Wildman–Crippen MR) is 121 cm³/mol. The van der Waals surface area contributed by atoms with Gasteiger partial charge in [0.1, 0.15) is 32.8 Å². The number of fused-ring (bicyclic) bond motifs is 1. The lowest BCUT2D eigenvalue weighted by Crippen LogP contribution is -2.39. The van der Waals surface area contributed by atoms with E-state index >= 15 is 0 Å². The quantitative estimate of drug-likeness (QED) is 0.586. The Hall–Kier alpha value is -2.79. The van der Waals surface area contributed by atoms with Gasteiger partial charge in [-0.2, -0.15) is 4.98 Å². The molecule has 1 aliphatic heterocycles. The van der Waals surface area contributed by atoms with Crippen molar-refractivity contribution in [3.05, 3.63) is 30.4 Å². The molecule has 1 aliphatic rings. The van der Waals surface area contributed by atoms with E-state index in [0.717, 1.165) is 16.9 Å². The van der Waals surface area contributed by atoms with Gasteiger partial charge < -0.3 is 20.5 Å². The van der Waals surface area contributed by atoms with E-state index in [1.807, 2.05) is 11.0 Å². The van der Waals surface area contributed by atoms with Crippen molar-refractivity contribution in [3.8, 4) is 0 Å². The molecule has 1 fully saturated rings. The van der Waals surface area contributed by atoms with Gasteiger partial charge in [0.25, 0.3) is 0 Å². The molecule has 0 aliphatic carbocycles. The highest BCUT2D eigenvalue weighted by Crippen LogP contribution is 2.25. The molecular formula is C20H28N8O2S. The van der Waals surface area contributed by atoms with Crippen molar-refractivity contribution in [1.29, 1.82) is 0 Å². The van der Waals surface area contributed by atoms with Gasteiger partial charge >= 0.3 is 0 Å². The van der Waals surface area contributed by atoms with Crippen LogP contribution in [0.2, 0.25) is 0 Å². The first kappa shape index (κ1) is 21.4. The van der Waals surface area contributed by atoms with Gasteiger partial charge in [-0.3, -0.25) is 0 Å². The molecule has 166 valence electrons. The van der Waals surface area contributed by atoms with E-state index in [4.69, 9.17) is 5.73 Å². The van der Waals surface area contributed by atoms with Gasteiger partial charge in [0.15, 0.2) is 0 Å². The van der Waals surface area contributed by atoms with Gasteiger partial charge in [-0.05, 0) is 32.8 Å². The molecule has 31 heavy (non-hydrogen) atoms. The first-order valence-corrected chi connectivity index (χ1v) is 12.3. The molecule has 0 saturated carbocycles. The van der Waals surface area contributed by atoms with E-state index < -0.39 is 9.84 Å². The number of rotatable bonds is 6. The monoisotopic (exact) mass is 444 g/mol. The highest BCUT2D eigenvalue weighted by Gasteiger charge is 2.27. The molecule has 4 heterocycles. The number of pyridine rings is 1. The van der Waals surface area contributed by atoms with Crippen LogP contribution >= 0.6 is 0 Å². The van der Waals surface area contributed by atoms with E-state index in [1.165, 1.54) is 6.26 Å². The summed E-state index contributed by atoms with van der Waals surface area (Å²) in [6.07, 6.45) is 5.89. The Balaban J connectivity index is 1.54. The minimum atomic E-state index is -3.01. The van der Waals surface area contributed by atoms with Crippen LogP contribution in [0.1, 0.15) is 38.6 Å². The predicted octanol–water partition coefficient (Wildman–Crippen LogP) is 2.02. The molecule has 0 radical (unpaired) electrons. The van der Waals surface area contributed by atoms with Crippen LogP contribution in [-0.2, 0) is 16.4 Å². The minimum absolute atomic E-state index is 0.222. The topological polar surface area (TPSA) is 132 Å². The second-order valence-electron chi connectivity index (χ2n) is 8.14. The Bertz CT molecular complexity index is 1180. The van der Waals surface area contributed by atoms with Crippen molar-refractivity contribution in [2.45, 2.75) is 44.5 Å². The first-order chi connectivity index (χ1) is 14.8. The van der Waals surface area contributed by atoms with E-state index in [2.05, 4.69) is 43.7 Å².